The minimum absolute atomic E-state index is 0.0939. The van der Waals surface area contributed by atoms with Gasteiger partial charge in [-0.05, 0) is 39.7 Å². The van der Waals surface area contributed by atoms with E-state index >= 15 is 0 Å². The summed E-state index contributed by atoms with van der Waals surface area (Å²) in [5.74, 6) is -0.446. The Morgan fingerprint density at radius 2 is 1.92 bits per heavy atom. The molecule has 140 valence electrons. The molecular weight excluding hydrogens is 350 g/mol. The van der Waals surface area contributed by atoms with E-state index in [4.69, 9.17) is 16.3 Å². The first kappa shape index (κ1) is 18.9. The first-order chi connectivity index (χ1) is 12.3. The van der Waals surface area contributed by atoms with Gasteiger partial charge in [-0.3, -0.25) is 0 Å². The lowest BCUT2D eigenvalue weighted by Gasteiger charge is -2.38. The average Bonchev–Trinajstić information content (AvgIpc) is 2.59. The van der Waals surface area contributed by atoms with E-state index in [2.05, 4.69) is 36.0 Å². The Kier molecular flexibility index (Phi) is 5.39. The fraction of sp³-hybridized carbons (Fsp3) is 0.500. The van der Waals surface area contributed by atoms with Crippen molar-refractivity contribution in [3.05, 3.63) is 35.0 Å². The fourth-order valence-corrected chi connectivity index (χ4v) is 3.89. The molecule has 1 fully saturated rings. The standard InChI is InChI=1S/C20H26ClN3O2/c1-20(2,3)23-13-9-11-24(12-10-13)17-14-7-5-6-8-15(14)22-18(21)16(17)19(25)26-4/h5-8,13,23H,9-12H2,1-4H3. The number of esters is 1. The van der Waals surface area contributed by atoms with Crippen LogP contribution < -0.4 is 10.2 Å². The van der Waals surface area contributed by atoms with Gasteiger partial charge < -0.3 is 15.0 Å². The third-order valence-corrected chi connectivity index (χ3v) is 4.93. The number of pyridine rings is 1. The molecule has 1 aromatic carbocycles. The van der Waals surface area contributed by atoms with E-state index < -0.39 is 5.97 Å². The summed E-state index contributed by atoms with van der Waals surface area (Å²) in [5, 5.41) is 4.80. The predicted octanol–water partition coefficient (Wildman–Crippen LogP) is 4.03. The van der Waals surface area contributed by atoms with Gasteiger partial charge in [0.05, 0.1) is 18.3 Å². The number of hydrogen-bond donors (Lipinski definition) is 1. The Morgan fingerprint density at radius 1 is 1.27 bits per heavy atom. The molecule has 0 bridgehead atoms. The molecule has 2 heterocycles. The van der Waals surface area contributed by atoms with Crippen LogP contribution in [0.3, 0.4) is 0 Å². The number of rotatable bonds is 3. The van der Waals surface area contributed by atoms with Crippen molar-refractivity contribution in [2.45, 2.75) is 45.2 Å². The number of benzene rings is 1. The molecule has 0 atom stereocenters. The Morgan fingerprint density at radius 3 is 2.54 bits per heavy atom. The minimum atomic E-state index is -0.446. The Bertz CT molecular complexity index is 809. The molecule has 0 amide bonds. The van der Waals surface area contributed by atoms with Crippen LogP contribution in [-0.2, 0) is 4.74 Å². The molecule has 26 heavy (non-hydrogen) atoms. The highest BCUT2D eigenvalue weighted by molar-refractivity contribution is 6.34. The van der Waals surface area contributed by atoms with Gasteiger partial charge in [-0.1, -0.05) is 29.8 Å². The van der Waals surface area contributed by atoms with Crippen LogP contribution in [0.5, 0.6) is 0 Å². The maximum absolute atomic E-state index is 12.4. The number of anilines is 1. The smallest absolute Gasteiger partial charge is 0.343 e. The molecule has 0 aliphatic carbocycles. The number of hydrogen-bond acceptors (Lipinski definition) is 5. The van der Waals surface area contributed by atoms with Crippen molar-refractivity contribution >= 4 is 34.2 Å². The molecule has 0 spiro atoms. The van der Waals surface area contributed by atoms with E-state index in [-0.39, 0.29) is 10.7 Å². The quantitative estimate of drug-likeness (QED) is 0.648. The molecular formula is C20H26ClN3O2. The lowest BCUT2D eigenvalue weighted by molar-refractivity contribution is 0.0601. The number of fused-ring (bicyclic) bond motifs is 1. The largest absolute Gasteiger partial charge is 0.465 e. The summed E-state index contributed by atoms with van der Waals surface area (Å²) in [4.78, 5) is 19.0. The summed E-state index contributed by atoms with van der Waals surface area (Å²) in [6.07, 6.45) is 2.01. The van der Waals surface area contributed by atoms with Crippen molar-refractivity contribution in [3.63, 3.8) is 0 Å². The molecule has 3 rings (SSSR count). The SMILES string of the molecule is COC(=O)c1c(Cl)nc2ccccc2c1N1CCC(NC(C)(C)C)CC1. The predicted molar refractivity (Wildman–Crippen MR) is 106 cm³/mol. The molecule has 0 radical (unpaired) electrons. The van der Waals surface area contributed by atoms with Crippen molar-refractivity contribution in [2.24, 2.45) is 0 Å². The first-order valence-corrected chi connectivity index (χ1v) is 9.37. The number of ether oxygens (including phenoxy) is 1. The molecule has 2 aromatic rings. The highest BCUT2D eigenvalue weighted by Crippen LogP contribution is 2.36. The van der Waals surface area contributed by atoms with E-state index in [1.807, 2.05) is 24.3 Å². The van der Waals surface area contributed by atoms with Gasteiger partial charge in [-0.2, -0.15) is 0 Å². The van der Waals surface area contributed by atoms with Gasteiger partial charge in [-0.25, -0.2) is 9.78 Å². The van der Waals surface area contributed by atoms with Crippen molar-refractivity contribution in [3.8, 4) is 0 Å². The second-order valence-corrected chi connectivity index (χ2v) is 8.15. The summed E-state index contributed by atoms with van der Waals surface area (Å²) in [6, 6.07) is 8.25. The molecule has 1 aliphatic rings. The van der Waals surface area contributed by atoms with Crippen molar-refractivity contribution in [1.82, 2.24) is 10.3 Å². The van der Waals surface area contributed by atoms with Crippen molar-refractivity contribution in [2.75, 3.05) is 25.1 Å². The summed E-state index contributed by atoms with van der Waals surface area (Å²) in [7, 11) is 1.37. The molecule has 6 heteroatoms. The van der Waals surface area contributed by atoms with Gasteiger partial charge in [0.15, 0.2) is 0 Å². The molecule has 0 unspecified atom stereocenters. The van der Waals surface area contributed by atoms with Crippen LogP contribution >= 0.6 is 11.6 Å². The zero-order valence-corrected chi connectivity index (χ0v) is 16.6. The van der Waals surface area contributed by atoms with Gasteiger partial charge in [0.25, 0.3) is 0 Å². The van der Waals surface area contributed by atoms with Gasteiger partial charge in [0, 0.05) is 30.1 Å². The topological polar surface area (TPSA) is 54.5 Å². The lowest BCUT2D eigenvalue weighted by atomic mass is 9.98. The number of halogens is 1. The number of methoxy groups -OCH3 is 1. The number of nitrogens with one attached hydrogen (secondary N) is 1. The van der Waals surface area contributed by atoms with E-state index in [0.717, 1.165) is 42.5 Å². The number of piperidine rings is 1. The molecule has 5 nitrogen and oxygen atoms in total. The lowest BCUT2D eigenvalue weighted by Crippen LogP contribution is -2.49. The monoisotopic (exact) mass is 375 g/mol. The zero-order valence-electron chi connectivity index (χ0n) is 15.8. The van der Waals surface area contributed by atoms with Gasteiger partial charge in [0.1, 0.15) is 10.7 Å². The molecule has 1 aromatic heterocycles. The fourth-order valence-electron chi connectivity index (χ4n) is 3.64. The van der Waals surface area contributed by atoms with Crippen molar-refractivity contribution in [1.29, 1.82) is 0 Å². The summed E-state index contributed by atoms with van der Waals surface area (Å²) in [5.41, 5.74) is 2.07. The maximum atomic E-state index is 12.4. The van der Waals surface area contributed by atoms with Crippen LogP contribution in [0.15, 0.2) is 24.3 Å². The highest BCUT2D eigenvalue weighted by Gasteiger charge is 2.29. The second-order valence-electron chi connectivity index (χ2n) is 7.79. The number of aromatic nitrogens is 1. The van der Waals surface area contributed by atoms with E-state index in [9.17, 15) is 4.79 Å². The van der Waals surface area contributed by atoms with Crippen molar-refractivity contribution < 1.29 is 9.53 Å². The Hall–Kier alpha value is -1.85. The Balaban J connectivity index is 1.98. The van der Waals surface area contributed by atoms with Crippen LogP contribution in [0, 0.1) is 0 Å². The average molecular weight is 376 g/mol. The van der Waals surface area contributed by atoms with Gasteiger partial charge >= 0.3 is 5.97 Å². The summed E-state index contributed by atoms with van der Waals surface area (Å²) >= 11 is 6.37. The van der Waals surface area contributed by atoms with Crippen LogP contribution in [0.1, 0.15) is 44.0 Å². The zero-order chi connectivity index (χ0) is 18.9. The first-order valence-electron chi connectivity index (χ1n) is 8.99. The number of carbonyl (C=O) groups excluding carboxylic acids is 1. The van der Waals surface area contributed by atoms with E-state index in [1.165, 1.54) is 7.11 Å². The van der Waals surface area contributed by atoms with Crippen LogP contribution in [0.2, 0.25) is 5.15 Å². The highest BCUT2D eigenvalue weighted by atomic mass is 35.5. The second kappa shape index (κ2) is 7.41. The van der Waals surface area contributed by atoms with Crippen LogP contribution in [-0.4, -0.2) is 42.7 Å². The number of nitrogens with zero attached hydrogens (tertiary/aromatic N) is 2. The maximum Gasteiger partial charge on any atom is 0.343 e. The third-order valence-electron chi connectivity index (χ3n) is 4.66. The number of para-hydroxylation sites is 1. The van der Waals surface area contributed by atoms with Gasteiger partial charge in [-0.15, -0.1) is 0 Å². The minimum Gasteiger partial charge on any atom is -0.465 e. The third kappa shape index (κ3) is 3.94. The van der Waals surface area contributed by atoms with Crippen LogP contribution in [0.4, 0.5) is 5.69 Å². The molecule has 1 saturated heterocycles. The normalized spacial score (nSPS) is 16.1. The Labute approximate surface area is 159 Å². The summed E-state index contributed by atoms with van der Waals surface area (Å²) < 4.78 is 4.98. The van der Waals surface area contributed by atoms with Crippen LogP contribution in [0.25, 0.3) is 10.9 Å². The molecule has 0 saturated carbocycles. The van der Waals surface area contributed by atoms with Gasteiger partial charge in [0.2, 0.25) is 0 Å². The molecule has 1 N–H and O–H groups in total. The van der Waals surface area contributed by atoms with E-state index in [1.54, 1.807) is 0 Å². The number of carbonyl (C=O) groups is 1. The summed E-state index contributed by atoms with van der Waals surface area (Å²) in [6.45, 7) is 8.25. The van der Waals surface area contributed by atoms with E-state index in [0.29, 0.717) is 11.6 Å². The molecule has 1 aliphatic heterocycles.